The second-order valence-corrected chi connectivity index (χ2v) is 3.11. The van der Waals surface area contributed by atoms with Crippen LogP contribution in [0, 0.1) is 0 Å². The van der Waals surface area contributed by atoms with E-state index in [9.17, 15) is 0 Å². The van der Waals surface area contributed by atoms with Gasteiger partial charge in [0.2, 0.25) is 0 Å². The maximum absolute atomic E-state index is 4.06. The minimum absolute atomic E-state index is 0.238. The normalized spacial score (nSPS) is 13.1. The van der Waals surface area contributed by atoms with E-state index in [0.717, 1.165) is 5.82 Å². The molecule has 0 saturated carbocycles. The lowest BCUT2D eigenvalue weighted by molar-refractivity contribution is 0.576. The largest absolute Gasteiger partial charge is 0.344 e. The topological polar surface area (TPSA) is 35.6 Å². The average molecular weight is 176 g/mol. The van der Waals surface area contributed by atoms with Crippen LogP contribution in [0.25, 0.3) is 0 Å². The third-order valence-electron chi connectivity index (χ3n) is 2.19. The second kappa shape index (κ2) is 3.05. The molecule has 0 amide bonds. The predicted octanol–water partition coefficient (Wildman–Crippen LogP) is 1.23. The highest BCUT2D eigenvalue weighted by atomic mass is 15.3. The Bertz CT molecular complexity index is 374. The van der Waals surface area contributed by atoms with Gasteiger partial charge in [0.1, 0.15) is 6.33 Å². The van der Waals surface area contributed by atoms with Gasteiger partial charge in [0, 0.05) is 19.4 Å². The molecule has 2 heterocycles. The molecule has 0 aliphatic carbocycles. The minimum Gasteiger partial charge on any atom is -0.344 e. The lowest BCUT2D eigenvalue weighted by Crippen LogP contribution is -2.09. The van der Waals surface area contributed by atoms with Gasteiger partial charge in [-0.3, -0.25) is 0 Å². The monoisotopic (exact) mass is 176 g/mol. The van der Waals surface area contributed by atoms with Gasteiger partial charge in [0.05, 0.1) is 6.04 Å². The van der Waals surface area contributed by atoms with Crippen molar-refractivity contribution in [2.24, 2.45) is 7.05 Å². The molecule has 0 saturated heterocycles. The molecule has 2 aromatic rings. The molecule has 13 heavy (non-hydrogen) atoms. The first-order valence-corrected chi connectivity index (χ1v) is 4.25. The summed E-state index contributed by atoms with van der Waals surface area (Å²) in [5.41, 5.74) is 0. The maximum Gasteiger partial charge on any atom is 0.155 e. The fourth-order valence-electron chi connectivity index (χ4n) is 1.41. The first-order valence-electron chi connectivity index (χ1n) is 4.25. The molecule has 2 aromatic heterocycles. The molecule has 0 spiro atoms. The van der Waals surface area contributed by atoms with Crippen molar-refractivity contribution < 1.29 is 0 Å². The molecule has 0 aliphatic rings. The van der Waals surface area contributed by atoms with Gasteiger partial charge in [-0.1, -0.05) is 0 Å². The summed E-state index contributed by atoms with van der Waals surface area (Å²) in [5, 5.41) is 7.92. The van der Waals surface area contributed by atoms with Gasteiger partial charge < -0.3 is 9.13 Å². The van der Waals surface area contributed by atoms with E-state index in [1.165, 1.54) is 0 Å². The van der Waals surface area contributed by atoms with E-state index in [-0.39, 0.29) is 6.04 Å². The third kappa shape index (κ3) is 1.35. The fourth-order valence-corrected chi connectivity index (χ4v) is 1.41. The van der Waals surface area contributed by atoms with Crippen LogP contribution < -0.4 is 0 Å². The van der Waals surface area contributed by atoms with E-state index in [2.05, 4.69) is 21.7 Å². The van der Waals surface area contributed by atoms with Gasteiger partial charge in [0.15, 0.2) is 5.82 Å². The highest BCUT2D eigenvalue weighted by molar-refractivity contribution is 5.00. The lowest BCUT2D eigenvalue weighted by Gasteiger charge is -2.11. The molecule has 4 nitrogen and oxygen atoms in total. The van der Waals surface area contributed by atoms with Crippen LogP contribution in [-0.4, -0.2) is 19.3 Å². The van der Waals surface area contributed by atoms with Crippen molar-refractivity contribution in [1.29, 1.82) is 0 Å². The first-order chi connectivity index (χ1) is 6.29. The summed E-state index contributed by atoms with van der Waals surface area (Å²) >= 11 is 0. The zero-order valence-electron chi connectivity index (χ0n) is 7.75. The maximum atomic E-state index is 4.06. The van der Waals surface area contributed by atoms with Gasteiger partial charge in [-0.15, -0.1) is 10.2 Å². The number of hydrogen-bond acceptors (Lipinski definition) is 2. The number of hydrogen-bond donors (Lipinski definition) is 0. The molecular weight excluding hydrogens is 164 g/mol. The molecule has 4 heteroatoms. The summed E-state index contributed by atoms with van der Waals surface area (Å²) in [5.74, 6) is 0.969. The molecule has 1 unspecified atom stereocenters. The third-order valence-corrected chi connectivity index (χ3v) is 2.19. The number of rotatable bonds is 2. The van der Waals surface area contributed by atoms with Crippen LogP contribution in [0.2, 0.25) is 0 Å². The Morgan fingerprint density at radius 3 is 2.54 bits per heavy atom. The highest BCUT2D eigenvalue weighted by Gasteiger charge is 2.11. The van der Waals surface area contributed by atoms with E-state index < -0.39 is 0 Å². The Labute approximate surface area is 76.8 Å². The number of nitrogens with zero attached hydrogens (tertiary/aromatic N) is 4. The molecule has 0 radical (unpaired) electrons. The Hall–Kier alpha value is -1.58. The van der Waals surface area contributed by atoms with Gasteiger partial charge in [0.25, 0.3) is 0 Å². The van der Waals surface area contributed by atoms with Crippen LogP contribution >= 0.6 is 0 Å². The average Bonchev–Trinajstić information content (AvgIpc) is 2.72. The zero-order valence-corrected chi connectivity index (χ0v) is 7.75. The minimum atomic E-state index is 0.238. The molecular formula is C9H12N4. The van der Waals surface area contributed by atoms with Crippen LogP contribution in [-0.2, 0) is 7.05 Å². The van der Waals surface area contributed by atoms with Gasteiger partial charge in [-0.25, -0.2) is 0 Å². The molecule has 2 rings (SSSR count). The van der Waals surface area contributed by atoms with Crippen molar-refractivity contribution in [2.75, 3.05) is 0 Å². The quantitative estimate of drug-likeness (QED) is 0.689. The van der Waals surface area contributed by atoms with Crippen molar-refractivity contribution in [3.8, 4) is 0 Å². The highest BCUT2D eigenvalue weighted by Crippen LogP contribution is 2.13. The molecule has 0 N–H and O–H groups in total. The van der Waals surface area contributed by atoms with Crippen molar-refractivity contribution in [2.45, 2.75) is 13.0 Å². The summed E-state index contributed by atoms with van der Waals surface area (Å²) in [6, 6.07) is 4.25. The Morgan fingerprint density at radius 1 is 1.31 bits per heavy atom. The van der Waals surface area contributed by atoms with E-state index >= 15 is 0 Å². The summed E-state index contributed by atoms with van der Waals surface area (Å²) in [4.78, 5) is 0. The predicted molar refractivity (Wildman–Crippen MR) is 49.2 cm³/mol. The Kier molecular flexibility index (Phi) is 1.88. The Balaban J connectivity index is 2.33. The van der Waals surface area contributed by atoms with Crippen LogP contribution in [0.5, 0.6) is 0 Å². The SMILES string of the molecule is CC(c1nncn1C)n1cccc1. The fraction of sp³-hybridized carbons (Fsp3) is 0.333. The van der Waals surface area contributed by atoms with Crippen LogP contribution in [0.4, 0.5) is 0 Å². The van der Waals surface area contributed by atoms with E-state index in [1.54, 1.807) is 6.33 Å². The van der Waals surface area contributed by atoms with Crippen molar-refractivity contribution >= 4 is 0 Å². The van der Waals surface area contributed by atoms with Crippen LogP contribution in [0.1, 0.15) is 18.8 Å². The van der Waals surface area contributed by atoms with Crippen LogP contribution in [0.15, 0.2) is 30.9 Å². The summed E-state index contributed by atoms with van der Waals surface area (Å²) in [6.07, 6.45) is 5.77. The second-order valence-electron chi connectivity index (χ2n) is 3.11. The van der Waals surface area contributed by atoms with E-state index in [4.69, 9.17) is 0 Å². The van der Waals surface area contributed by atoms with Gasteiger partial charge >= 0.3 is 0 Å². The number of aryl methyl sites for hydroxylation is 1. The molecule has 1 atom stereocenters. The molecule has 0 bridgehead atoms. The van der Waals surface area contributed by atoms with Crippen LogP contribution in [0.3, 0.4) is 0 Å². The molecule has 0 fully saturated rings. The molecule has 0 aliphatic heterocycles. The van der Waals surface area contributed by atoms with Gasteiger partial charge in [-0.2, -0.15) is 0 Å². The van der Waals surface area contributed by atoms with Gasteiger partial charge in [-0.05, 0) is 19.1 Å². The van der Waals surface area contributed by atoms with Crippen molar-refractivity contribution in [1.82, 2.24) is 19.3 Å². The summed E-state index contributed by atoms with van der Waals surface area (Å²) in [6.45, 7) is 2.10. The first kappa shape index (κ1) is 8.04. The van der Waals surface area contributed by atoms with Crippen molar-refractivity contribution in [3.63, 3.8) is 0 Å². The zero-order chi connectivity index (χ0) is 9.26. The smallest absolute Gasteiger partial charge is 0.155 e. The summed E-state index contributed by atoms with van der Waals surface area (Å²) < 4.78 is 4.04. The lowest BCUT2D eigenvalue weighted by atomic mass is 10.3. The Morgan fingerprint density at radius 2 is 2.00 bits per heavy atom. The molecule has 0 aromatic carbocycles. The summed E-state index contributed by atoms with van der Waals surface area (Å²) in [7, 11) is 1.95. The van der Waals surface area contributed by atoms with E-state index in [1.807, 2.05) is 36.1 Å². The molecule has 68 valence electrons. The van der Waals surface area contributed by atoms with E-state index in [0.29, 0.717) is 0 Å². The van der Waals surface area contributed by atoms with Crippen molar-refractivity contribution in [3.05, 3.63) is 36.7 Å². The standard InChI is InChI=1S/C9H12N4/c1-8(13-5-3-4-6-13)9-11-10-7-12(9)2/h3-8H,1-2H3. The number of aromatic nitrogens is 4.